The van der Waals surface area contributed by atoms with Gasteiger partial charge >= 0.3 is 5.97 Å². The van der Waals surface area contributed by atoms with E-state index < -0.39 is 0 Å². The van der Waals surface area contributed by atoms with Crippen LogP contribution in [0.4, 0.5) is 0 Å². The van der Waals surface area contributed by atoms with Crippen molar-refractivity contribution in [3.05, 3.63) is 71.3 Å². The van der Waals surface area contributed by atoms with Crippen LogP contribution in [-0.2, 0) is 32.0 Å². The third-order valence-corrected chi connectivity index (χ3v) is 5.74. The van der Waals surface area contributed by atoms with Gasteiger partial charge in [-0.3, -0.25) is 14.4 Å². The fourth-order valence-electron chi connectivity index (χ4n) is 3.84. The summed E-state index contributed by atoms with van der Waals surface area (Å²) in [6, 6.07) is 17.8. The van der Waals surface area contributed by atoms with Crippen molar-refractivity contribution in [3.8, 4) is 0 Å². The van der Waals surface area contributed by atoms with Gasteiger partial charge in [-0.1, -0.05) is 60.2 Å². The topological polar surface area (TPSA) is 75.7 Å². The van der Waals surface area contributed by atoms with Crippen molar-refractivity contribution >= 4 is 17.8 Å². The molecule has 2 aromatic rings. The molecule has 2 aromatic carbocycles. The second-order valence-electron chi connectivity index (χ2n) is 8.34. The highest BCUT2D eigenvalue weighted by atomic mass is 16.5. The van der Waals surface area contributed by atoms with Crippen LogP contribution < -0.4 is 5.32 Å². The quantitative estimate of drug-likeness (QED) is 0.484. The number of nitrogens with zero attached hydrogens (tertiary/aromatic N) is 1. The number of esters is 1. The Hall–Kier alpha value is -3.15. The van der Waals surface area contributed by atoms with E-state index in [9.17, 15) is 14.4 Å². The lowest BCUT2D eigenvalue weighted by atomic mass is 9.97. The van der Waals surface area contributed by atoms with Gasteiger partial charge in [-0.15, -0.1) is 0 Å². The van der Waals surface area contributed by atoms with E-state index in [1.54, 1.807) is 4.90 Å². The highest BCUT2D eigenvalue weighted by Gasteiger charge is 2.29. The number of piperidine rings is 1. The Morgan fingerprint density at radius 1 is 1.03 bits per heavy atom. The monoisotopic (exact) mass is 436 g/mol. The average Bonchev–Trinajstić information content (AvgIpc) is 2.82. The maximum absolute atomic E-state index is 12.6. The van der Waals surface area contributed by atoms with Gasteiger partial charge in [0.25, 0.3) is 0 Å². The van der Waals surface area contributed by atoms with E-state index in [1.165, 1.54) is 5.56 Å². The van der Waals surface area contributed by atoms with Gasteiger partial charge in [-0.2, -0.15) is 0 Å². The summed E-state index contributed by atoms with van der Waals surface area (Å²) >= 11 is 0. The van der Waals surface area contributed by atoms with Crippen LogP contribution in [0.15, 0.2) is 54.6 Å². The summed E-state index contributed by atoms with van der Waals surface area (Å²) in [5.41, 5.74) is 3.29. The first-order chi connectivity index (χ1) is 15.5. The fraction of sp³-hybridized carbons (Fsp3) is 0.423. The van der Waals surface area contributed by atoms with Gasteiger partial charge in [0, 0.05) is 19.5 Å². The van der Waals surface area contributed by atoms with Crippen LogP contribution in [0, 0.1) is 12.8 Å². The van der Waals surface area contributed by atoms with E-state index in [4.69, 9.17) is 4.74 Å². The summed E-state index contributed by atoms with van der Waals surface area (Å²) < 4.78 is 5.36. The molecule has 1 unspecified atom stereocenters. The lowest BCUT2D eigenvalue weighted by Gasteiger charge is -2.31. The standard InChI is InChI=1S/C26H32N2O4/c1-20-9-11-21(12-10-20)13-14-24(29)27-15-17-32-26(31)23-8-5-16-28(19-23)25(30)18-22-6-3-2-4-7-22/h2-4,6-7,9-12,23H,5,8,13-19H2,1H3,(H,27,29). The number of amides is 2. The second kappa shape index (κ2) is 12.0. The first-order valence-electron chi connectivity index (χ1n) is 11.3. The maximum Gasteiger partial charge on any atom is 0.310 e. The molecule has 0 spiro atoms. The molecular formula is C26H32N2O4. The van der Waals surface area contributed by atoms with Gasteiger partial charge in [0.1, 0.15) is 6.61 Å². The SMILES string of the molecule is Cc1ccc(CCC(=O)NCCOC(=O)C2CCCN(C(=O)Cc3ccccc3)C2)cc1. The number of hydrogen-bond acceptors (Lipinski definition) is 4. The number of hydrogen-bond donors (Lipinski definition) is 1. The molecule has 1 heterocycles. The predicted octanol–water partition coefficient (Wildman–Crippen LogP) is 3.07. The van der Waals surface area contributed by atoms with Crippen molar-refractivity contribution in [2.45, 2.75) is 39.0 Å². The van der Waals surface area contributed by atoms with Crippen LogP contribution in [0.25, 0.3) is 0 Å². The molecule has 32 heavy (non-hydrogen) atoms. The predicted molar refractivity (Wildman–Crippen MR) is 123 cm³/mol. The van der Waals surface area contributed by atoms with Crippen LogP contribution in [0.1, 0.15) is 36.0 Å². The van der Waals surface area contributed by atoms with Crippen molar-refractivity contribution in [2.24, 2.45) is 5.92 Å². The normalized spacial score (nSPS) is 15.8. The molecule has 1 atom stereocenters. The molecule has 1 saturated heterocycles. The number of rotatable bonds is 9. The number of carbonyl (C=O) groups excluding carboxylic acids is 3. The van der Waals surface area contributed by atoms with Gasteiger partial charge in [-0.05, 0) is 37.3 Å². The summed E-state index contributed by atoms with van der Waals surface area (Å²) in [4.78, 5) is 38.8. The van der Waals surface area contributed by atoms with E-state index in [2.05, 4.69) is 5.32 Å². The summed E-state index contributed by atoms with van der Waals surface area (Å²) in [7, 11) is 0. The third kappa shape index (κ3) is 7.52. The number of likely N-dealkylation sites (tertiary alicyclic amines) is 1. The molecule has 170 valence electrons. The minimum atomic E-state index is -0.305. The highest BCUT2D eigenvalue weighted by molar-refractivity contribution is 5.80. The second-order valence-corrected chi connectivity index (χ2v) is 8.34. The number of ether oxygens (including phenoxy) is 1. The summed E-state index contributed by atoms with van der Waals surface area (Å²) in [6.45, 7) is 3.54. The smallest absolute Gasteiger partial charge is 0.310 e. The van der Waals surface area contributed by atoms with Gasteiger partial charge < -0.3 is 15.0 Å². The Labute approximate surface area is 189 Å². The maximum atomic E-state index is 12.6. The van der Waals surface area contributed by atoms with Crippen LogP contribution in [0.3, 0.4) is 0 Å². The van der Waals surface area contributed by atoms with Crippen molar-refractivity contribution in [1.29, 1.82) is 0 Å². The number of carbonyl (C=O) groups is 3. The average molecular weight is 437 g/mol. The molecule has 2 amide bonds. The molecule has 1 aliphatic rings. The van der Waals surface area contributed by atoms with Crippen LogP contribution in [0.2, 0.25) is 0 Å². The zero-order valence-electron chi connectivity index (χ0n) is 18.7. The van der Waals surface area contributed by atoms with Crippen molar-refractivity contribution in [3.63, 3.8) is 0 Å². The zero-order valence-corrected chi connectivity index (χ0v) is 18.7. The Balaban J connectivity index is 1.33. The largest absolute Gasteiger partial charge is 0.464 e. The number of nitrogens with one attached hydrogen (secondary N) is 1. The lowest BCUT2D eigenvalue weighted by molar-refractivity contribution is -0.151. The molecule has 1 fully saturated rings. The third-order valence-electron chi connectivity index (χ3n) is 5.74. The van der Waals surface area contributed by atoms with E-state index in [0.29, 0.717) is 38.9 Å². The Kier molecular flexibility index (Phi) is 8.84. The van der Waals surface area contributed by atoms with Crippen LogP contribution in [-0.4, -0.2) is 48.9 Å². The van der Waals surface area contributed by atoms with Gasteiger partial charge in [-0.25, -0.2) is 0 Å². The van der Waals surface area contributed by atoms with Gasteiger partial charge in [0.2, 0.25) is 11.8 Å². The van der Waals surface area contributed by atoms with Crippen molar-refractivity contribution < 1.29 is 19.1 Å². The van der Waals surface area contributed by atoms with E-state index in [1.807, 2.05) is 61.5 Å². The van der Waals surface area contributed by atoms with Gasteiger partial charge in [0.05, 0.1) is 18.9 Å². The van der Waals surface area contributed by atoms with E-state index in [0.717, 1.165) is 24.0 Å². The Bertz CT molecular complexity index is 896. The molecule has 0 aromatic heterocycles. The summed E-state index contributed by atoms with van der Waals surface area (Å²) in [6.07, 6.45) is 2.93. The van der Waals surface area contributed by atoms with E-state index in [-0.39, 0.29) is 30.3 Å². The first kappa shape index (κ1) is 23.5. The van der Waals surface area contributed by atoms with Gasteiger partial charge in [0.15, 0.2) is 0 Å². The molecule has 0 saturated carbocycles. The van der Waals surface area contributed by atoms with E-state index >= 15 is 0 Å². The Morgan fingerprint density at radius 2 is 1.78 bits per heavy atom. The number of aryl methyl sites for hydroxylation is 2. The molecule has 0 bridgehead atoms. The molecular weight excluding hydrogens is 404 g/mol. The Morgan fingerprint density at radius 3 is 2.53 bits per heavy atom. The minimum Gasteiger partial charge on any atom is -0.464 e. The molecule has 0 aliphatic carbocycles. The molecule has 1 N–H and O–H groups in total. The summed E-state index contributed by atoms with van der Waals surface area (Å²) in [5.74, 6) is -0.622. The minimum absolute atomic E-state index is 0.0366. The van der Waals surface area contributed by atoms with Crippen molar-refractivity contribution in [2.75, 3.05) is 26.2 Å². The lowest BCUT2D eigenvalue weighted by Crippen LogP contribution is -2.43. The molecule has 6 nitrogen and oxygen atoms in total. The van der Waals surface area contributed by atoms with Crippen molar-refractivity contribution in [1.82, 2.24) is 10.2 Å². The van der Waals surface area contributed by atoms with Crippen LogP contribution >= 0.6 is 0 Å². The number of benzene rings is 2. The zero-order chi connectivity index (χ0) is 22.8. The molecule has 3 rings (SSSR count). The van der Waals surface area contributed by atoms with Crippen LogP contribution in [0.5, 0.6) is 0 Å². The molecule has 0 radical (unpaired) electrons. The molecule has 1 aliphatic heterocycles. The first-order valence-corrected chi connectivity index (χ1v) is 11.3. The molecule has 6 heteroatoms. The fourth-order valence-corrected chi connectivity index (χ4v) is 3.84. The highest BCUT2D eigenvalue weighted by Crippen LogP contribution is 2.19. The summed E-state index contributed by atoms with van der Waals surface area (Å²) in [5, 5.41) is 2.80.